The first-order chi connectivity index (χ1) is 9.72. The van der Waals surface area contributed by atoms with Crippen LogP contribution in [0, 0.1) is 19.8 Å². The molecule has 6 heteroatoms. The third-order valence-corrected chi connectivity index (χ3v) is 4.60. The largest absolute Gasteiger partial charge is 0.356 e. The van der Waals surface area contributed by atoms with Crippen molar-refractivity contribution >= 4 is 15.9 Å². The predicted octanol–water partition coefficient (Wildman–Crippen LogP) is 1.74. The van der Waals surface area contributed by atoms with Crippen LogP contribution in [0.25, 0.3) is 0 Å². The van der Waals surface area contributed by atoms with E-state index in [9.17, 15) is 13.2 Å². The van der Waals surface area contributed by atoms with Crippen molar-refractivity contribution in [3.05, 3.63) is 29.3 Å². The average Bonchev–Trinajstić information content (AvgIpc) is 2.39. The van der Waals surface area contributed by atoms with E-state index < -0.39 is 10.0 Å². The Labute approximate surface area is 127 Å². The van der Waals surface area contributed by atoms with Crippen molar-refractivity contribution in [1.82, 2.24) is 10.0 Å². The van der Waals surface area contributed by atoms with Crippen LogP contribution in [0.2, 0.25) is 0 Å². The lowest BCUT2D eigenvalue weighted by atomic mass is 10.1. The summed E-state index contributed by atoms with van der Waals surface area (Å²) in [4.78, 5) is 11.8. The summed E-state index contributed by atoms with van der Waals surface area (Å²) in [6, 6.07) is 4.99. The lowest BCUT2D eigenvalue weighted by Gasteiger charge is -2.10. The molecular weight excluding hydrogens is 288 g/mol. The third-order valence-electron chi connectivity index (χ3n) is 3.14. The molecule has 1 amide bonds. The van der Waals surface area contributed by atoms with Crippen molar-refractivity contribution in [3.63, 3.8) is 0 Å². The molecule has 1 aromatic carbocycles. The number of carbonyl (C=O) groups excluding carboxylic acids is 1. The van der Waals surface area contributed by atoms with Gasteiger partial charge < -0.3 is 5.32 Å². The second-order valence-corrected chi connectivity index (χ2v) is 7.36. The molecule has 21 heavy (non-hydrogen) atoms. The molecule has 0 heterocycles. The van der Waals surface area contributed by atoms with E-state index in [1.54, 1.807) is 18.2 Å². The molecule has 0 atom stereocenters. The molecule has 0 bridgehead atoms. The van der Waals surface area contributed by atoms with Crippen molar-refractivity contribution in [3.8, 4) is 0 Å². The molecule has 0 aliphatic carbocycles. The molecule has 0 spiro atoms. The van der Waals surface area contributed by atoms with E-state index >= 15 is 0 Å². The Hall–Kier alpha value is -1.40. The highest BCUT2D eigenvalue weighted by Crippen LogP contribution is 2.14. The van der Waals surface area contributed by atoms with Crippen LogP contribution in [0.3, 0.4) is 0 Å². The SMILES string of the molecule is Cc1ccc(S(=O)(=O)NCCC(=O)NCC(C)C)cc1C. The normalized spacial score (nSPS) is 11.7. The number of nitrogens with one attached hydrogen (secondary N) is 2. The molecule has 0 aliphatic heterocycles. The van der Waals surface area contributed by atoms with E-state index in [0.717, 1.165) is 11.1 Å². The Balaban J connectivity index is 2.53. The lowest BCUT2D eigenvalue weighted by molar-refractivity contribution is -0.121. The van der Waals surface area contributed by atoms with E-state index in [1.165, 1.54) is 0 Å². The van der Waals surface area contributed by atoms with Gasteiger partial charge in [0.2, 0.25) is 15.9 Å². The molecule has 0 aliphatic rings. The number of aryl methyl sites for hydroxylation is 2. The van der Waals surface area contributed by atoms with Gasteiger partial charge in [0.05, 0.1) is 4.90 Å². The van der Waals surface area contributed by atoms with Crippen molar-refractivity contribution in [2.24, 2.45) is 5.92 Å². The monoisotopic (exact) mass is 312 g/mol. The predicted molar refractivity (Wildman–Crippen MR) is 83.6 cm³/mol. The van der Waals surface area contributed by atoms with Gasteiger partial charge in [0.1, 0.15) is 0 Å². The van der Waals surface area contributed by atoms with Crippen LogP contribution in [0.1, 0.15) is 31.4 Å². The Morgan fingerprint density at radius 2 is 1.86 bits per heavy atom. The van der Waals surface area contributed by atoms with Gasteiger partial charge in [-0.05, 0) is 43.0 Å². The molecule has 0 saturated heterocycles. The summed E-state index contributed by atoms with van der Waals surface area (Å²) in [7, 11) is -3.56. The van der Waals surface area contributed by atoms with Gasteiger partial charge in [-0.15, -0.1) is 0 Å². The first kappa shape index (κ1) is 17.7. The molecule has 1 rings (SSSR count). The number of benzene rings is 1. The number of amides is 1. The first-order valence-corrected chi connectivity index (χ1v) is 8.54. The highest BCUT2D eigenvalue weighted by molar-refractivity contribution is 7.89. The van der Waals surface area contributed by atoms with E-state index in [0.29, 0.717) is 12.5 Å². The van der Waals surface area contributed by atoms with Crippen LogP contribution >= 0.6 is 0 Å². The summed E-state index contributed by atoms with van der Waals surface area (Å²) in [5.74, 6) is 0.229. The highest BCUT2D eigenvalue weighted by Gasteiger charge is 2.14. The highest BCUT2D eigenvalue weighted by atomic mass is 32.2. The Bertz CT molecular complexity index is 595. The van der Waals surface area contributed by atoms with E-state index in [1.807, 2.05) is 27.7 Å². The second-order valence-electron chi connectivity index (χ2n) is 5.59. The van der Waals surface area contributed by atoms with Crippen LogP contribution in [0.4, 0.5) is 0 Å². The fourth-order valence-electron chi connectivity index (χ4n) is 1.67. The molecule has 0 radical (unpaired) electrons. The molecular formula is C15H24N2O3S. The Kier molecular flexibility index (Phi) is 6.36. The van der Waals surface area contributed by atoms with Gasteiger partial charge in [0.15, 0.2) is 0 Å². The maximum Gasteiger partial charge on any atom is 0.240 e. The summed E-state index contributed by atoms with van der Waals surface area (Å²) < 4.78 is 26.7. The number of carbonyl (C=O) groups is 1. The van der Waals surface area contributed by atoms with Gasteiger partial charge in [-0.2, -0.15) is 0 Å². The van der Waals surface area contributed by atoms with Gasteiger partial charge >= 0.3 is 0 Å². The Morgan fingerprint density at radius 1 is 1.19 bits per heavy atom. The quantitative estimate of drug-likeness (QED) is 0.805. The fourth-order valence-corrected chi connectivity index (χ4v) is 2.79. The molecule has 0 aromatic heterocycles. The van der Waals surface area contributed by atoms with Crippen molar-refractivity contribution in [2.45, 2.75) is 39.0 Å². The summed E-state index contributed by atoms with van der Waals surface area (Å²) >= 11 is 0. The van der Waals surface area contributed by atoms with Crippen molar-refractivity contribution < 1.29 is 13.2 Å². The minimum absolute atomic E-state index is 0.0964. The molecule has 2 N–H and O–H groups in total. The zero-order valence-electron chi connectivity index (χ0n) is 13.1. The maximum absolute atomic E-state index is 12.1. The van der Waals surface area contributed by atoms with Crippen LogP contribution in [-0.4, -0.2) is 27.4 Å². The summed E-state index contributed by atoms with van der Waals surface area (Å²) in [6.45, 7) is 8.50. The minimum atomic E-state index is -3.56. The molecule has 1 aromatic rings. The fraction of sp³-hybridized carbons (Fsp3) is 0.533. The molecule has 0 fully saturated rings. The molecule has 0 saturated carbocycles. The lowest BCUT2D eigenvalue weighted by Crippen LogP contribution is -2.32. The third kappa shape index (κ3) is 5.85. The topological polar surface area (TPSA) is 75.3 Å². The van der Waals surface area contributed by atoms with E-state index in [4.69, 9.17) is 0 Å². The molecule has 118 valence electrons. The standard InChI is InChI=1S/C15H24N2O3S/c1-11(2)10-16-15(18)7-8-17-21(19,20)14-6-5-12(3)13(4)9-14/h5-6,9,11,17H,7-8,10H2,1-4H3,(H,16,18). The van der Waals surface area contributed by atoms with Crippen molar-refractivity contribution in [2.75, 3.05) is 13.1 Å². The molecule has 5 nitrogen and oxygen atoms in total. The smallest absolute Gasteiger partial charge is 0.240 e. The second kappa shape index (κ2) is 7.56. The van der Waals surface area contributed by atoms with Gasteiger partial charge in [0.25, 0.3) is 0 Å². The summed E-state index contributed by atoms with van der Waals surface area (Å²) in [5, 5.41) is 2.75. The number of hydrogen-bond acceptors (Lipinski definition) is 3. The van der Waals surface area contributed by atoms with Crippen LogP contribution in [0.15, 0.2) is 23.1 Å². The molecule has 0 unspecified atom stereocenters. The van der Waals surface area contributed by atoms with E-state index in [-0.39, 0.29) is 23.8 Å². The average molecular weight is 312 g/mol. The zero-order chi connectivity index (χ0) is 16.0. The minimum Gasteiger partial charge on any atom is -0.356 e. The number of hydrogen-bond donors (Lipinski definition) is 2. The first-order valence-electron chi connectivity index (χ1n) is 7.06. The summed E-state index contributed by atoms with van der Waals surface area (Å²) in [5.41, 5.74) is 1.97. The van der Waals surface area contributed by atoms with Gasteiger partial charge in [-0.1, -0.05) is 19.9 Å². The van der Waals surface area contributed by atoms with E-state index in [2.05, 4.69) is 10.0 Å². The number of rotatable bonds is 7. The van der Waals surface area contributed by atoms with Gasteiger partial charge in [-0.3, -0.25) is 4.79 Å². The maximum atomic E-state index is 12.1. The zero-order valence-corrected chi connectivity index (χ0v) is 13.9. The number of sulfonamides is 1. The van der Waals surface area contributed by atoms with Gasteiger partial charge in [-0.25, -0.2) is 13.1 Å². The van der Waals surface area contributed by atoms with Crippen molar-refractivity contribution in [1.29, 1.82) is 0 Å². The van der Waals surface area contributed by atoms with Crippen LogP contribution in [-0.2, 0) is 14.8 Å². The van der Waals surface area contributed by atoms with Gasteiger partial charge in [0, 0.05) is 19.5 Å². The summed E-state index contributed by atoms with van der Waals surface area (Å²) in [6.07, 6.45) is 0.136. The van der Waals surface area contributed by atoms with Crippen LogP contribution in [0.5, 0.6) is 0 Å². The van der Waals surface area contributed by atoms with Crippen LogP contribution < -0.4 is 10.0 Å². The Morgan fingerprint density at radius 3 is 2.43 bits per heavy atom.